The molecule has 0 atom stereocenters. The van der Waals surface area contributed by atoms with Gasteiger partial charge < -0.3 is 4.57 Å². The molecule has 0 unspecified atom stereocenters. The molecular formula is C24H20BrN3O4S. The van der Waals surface area contributed by atoms with Gasteiger partial charge in [0.1, 0.15) is 0 Å². The van der Waals surface area contributed by atoms with Crippen molar-refractivity contribution in [1.82, 2.24) is 9.47 Å². The number of aryl methyl sites for hydroxylation is 2. The van der Waals surface area contributed by atoms with Crippen molar-refractivity contribution in [2.75, 3.05) is 0 Å². The van der Waals surface area contributed by atoms with Crippen LogP contribution >= 0.6 is 27.7 Å². The molecule has 0 saturated carbocycles. The van der Waals surface area contributed by atoms with E-state index in [0.717, 1.165) is 50.0 Å². The van der Waals surface area contributed by atoms with Gasteiger partial charge in [0, 0.05) is 33.7 Å². The van der Waals surface area contributed by atoms with Gasteiger partial charge >= 0.3 is 0 Å². The Hall–Kier alpha value is -3.17. The Kier molecular flexibility index (Phi) is 6.27. The highest BCUT2D eigenvalue weighted by Gasteiger charge is 2.35. The van der Waals surface area contributed by atoms with Gasteiger partial charge in [-0.15, -0.1) is 0 Å². The Labute approximate surface area is 203 Å². The zero-order chi connectivity index (χ0) is 23.9. The first-order chi connectivity index (χ1) is 15.7. The maximum Gasteiger partial charge on any atom is 0.293 e. The first-order valence-corrected chi connectivity index (χ1v) is 11.7. The number of non-ortho nitro benzene ring substituents is 1. The highest BCUT2D eigenvalue weighted by molar-refractivity contribution is 9.10. The van der Waals surface area contributed by atoms with Crippen LogP contribution in [-0.4, -0.2) is 25.5 Å². The van der Waals surface area contributed by atoms with Crippen molar-refractivity contribution in [2.24, 2.45) is 0 Å². The van der Waals surface area contributed by atoms with Gasteiger partial charge in [0.15, 0.2) is 0 Å². The second-order valence-electron chi connectivity index (χ2n) is 7.78. The zero-order valence-electron chi connectivity index (χ0n) is 18.2. The van der Waals surface area contributed by atoms with Gasteiger partial charge in [-0.2, -0.15) is 0 Å². The summed E-state index contributed by atoms with van der Waals surface area (Å²) in [5.41, 5.74) is 5.13. The van der Waals surface area contributed by atoms with Crippen LogP contribution in [0.15, 0.2) is 57.9 Å². The number of nitro benzene ring substituents is 1. The number of benzene rings is 2. The van der Waals surface area contributed by atoms with E-state index >= 15 is 0 Å². The molecule has 0 spiro atoms. The summed E-state index contributed by atoms with van der Waals surface area (Å²) in [7, 11) is 0. The lowest BCUT2D eigenvalue weighted by molar-refractivity contribution is -0.384. The van der Waals surface area contributed by atoms with Crippen molar-refractivity contribution >= 4 is 50.6 Å². The van der Waals surface area contributed by atoms with Crippen LogP contribution in [0.4, 0.5) is 10.5 Å². The first kappa shape index (κ1) is 23.0. The molecule has 3 aromatic rings. The number of hydrogen-bond donors (Lipinski definition) is 0. The molecule has 1 aliphatic heterocycles. The summed E-state index contributed by atoms with van der Waals surface area (Å²) in [6, 6.07) is 14.2. The third-order valence-corrected chi connectivity index (χ3v) is 6.95. The fourth-order valence-electron chi connectivity index (χ4n) is 3.86. The Morgan fingerprint density at radius 1 is 1.06 bits per heavy atom. The van der Waals surface area contributed by atoms with E-state index in [0.29, 0.717) is 4.91 Å². The van der Waals surface area contributed by atoms with Crippen molar-refractivity contribution in [1.29, 1.82) is 0 Å². The van der Waals surface area contributed by atoms with Crippen LogP contribution in [0.2, 0.25) is 0 Å². The number of thioether (sulfide) groups is 1. The van der Waals surface area contributed by atoms with E-state index in [1.54, 1.807) is 18.2 Å². The number of hydrogen-bond acceptors (Lipinski definition) is 5. The summed E-state index contributed by atoms with van der Waals surface area (Å²) in [6.45, 7) is 5.90. The lowest BCUT2D eigenvalue weighted by Gasteiger charge is -2.13. The van der Waals surface area contributed by atoms with Gasteiger partial charge in [-0.3, -0.25) is 24.6 Å². The molecule has 168 valence electrons. The number of aromatic nitrogens is 1. The van der Waals surface area contributed by atoms with Crippen LogP contribution in [0.1, 0.15) is 28.1 Å². The number of nitro groups is 1. The quantitative estimate of drug-likeness (QED) is 0.221. The van der Waals surface area contributed by atoms with E-state index in [2.05, 4.69) is 15.9 Å². The SMILES string of the molecule is Cc1cc([N+](=O)[O-])ccc1-n1c(C)cc(/C=C2\SC(=O)N(Cc3ccc(Br)cc3)C2=O)c1C. The predicted octanol–water partition coefficient (Wildman–Crippen LogP) is 6.31. The molecule has 33 heavy (non-hydrogen) atoms. The molecule has 1 aliphatic rings. The lowest BCUT2D eigenvalue weighted by atomic mass is 10.1. The molecule has 1 saturated heterocycles. The number of halogens is 1. The minimum Gasteiger partial charge on any atom is -0.318 e. The molecule has 0 aliphatic carbocycles. The van der Waals surface area contributed by atoms with Crippen LogP contribution in [0.3, 0.4) is 0 Å². The van der Waals surface area contributed by atoms with Crippen LogP contribution < -0.4 is 0 Å². The number of amides is 2. The molecular weight excluding hydrogens is 506 g/mol. The molecule has 4 rings (SSSR count). The number of imide groups is 1. The summed E-state index contributed by atoms with van der Waals surface area (Å²) in [5.74, 6) is -0.316. The Bertz CT molecular complexity index is 1330. The van der Waals surface area contributed by atoms with Crippen molar-refractivity contribution in [3.63, 3.8) is 0 Å². The molecule has 7 nitrogen and oxygen atoms in total. The molecule has 2 amide bonds. The smallest absolute Gasteiger partial charge is 0.293 e. The summed E-state index contributed by atoms with van der Waals surface area (Å²) >= 11 is 4.31. The molecule has 1 aromatic heterocycles. The van der Waals surface area contributed by atoms with Gasteiger partial charge in [0.2, 0.25) is 0 Å². The molecule has 2 aromatic carbocycles. The van der Waals surface area contributed by atoms with Crippen molar-refractivity contribution in [3.05, 3.63) is 96.1 Å². The van der Waals surface area contributed by atoms with E-state index < -0.39 is 4.92 Å². The maximum atomic E-state index is 13.0. The number of nitrogens with zero attached hydrogens (tertiary/aromatic N) is 3. The van der Waals surface area contributed by atoms with Crippen LogP contribution in [0.25, 0.3) is 11.8 Å². The fraction of sp³-hybridized carbons (Fsp3) is 0.167. The third-order valence-electron chi connectivity index (χ3n) is 5.52. The first-order valence-electron chi connectivity index (χ1n) is 10.1. The Morgan fingerprint density at radius 2 is 1.76 bits per heavy atom. The van der Waals surface area contributed by atoms with Crippen LogP contribution in [-0.2, 0) is 11.3 Å². The van der Waals surface area contributed by atoms with Gasteiger partial charge in [-0.05, 0) is 79.6 Å². The second-order valence-corrected chi connectivity index (χ2v) is 9.69. The minimum atomic E-state index is -0.415. The van der Waals surface area contributed by atoms with Gasteiger partial charge in [-0.1, -0.05) is 28.1 Å². The maximum absolute atomic E-state index is 13.0. The third kappa shape index (κ3) is 4.51. The zero-order valence-corrected chi connectivity index (χ0v) is 20.6. The number of rotatable bonds is 5. The number of carbonyl (C=O) groups is 2. The van der Waals surface area contributed by atoms with Gasteiger partial charge in [0.05, 0.1) is 16.4 Å². The van der Waals surface area contributed by atoms with E-state index in [-0.39, 0.29) is 23.4 Å². The predicted molar refractivity (Wildman–Crippen MR) is 132 cm³/mol. The van der Waals surface area contributed by atoms with Crippen molar-refractivity contribution < 1.29 is 14.5 Å². The molecule has 1 fully saturated rings. The van der Waals surface area contributed by atoms with Gasteiger partial charge in [-0.25, -0.2) is 0 Å². The molecule has 0 bridgehead atoms. The topological polar surface area (TPSA) is 85.4 Å². The Balaban J connectivity index is 1.64. The fourth-order valence-corrected chi connectivity index (χ4v) is 4.95. The van der Waals surface area contributed by atoms with E-state index in [9.17, 15) is 19.7 Å². The van der Waals surface area contributed by atoms with Crippen LogP contribution in [0.5, 0.6) is 0 Å². The van der Waals surface area contributed by atoms with Crippen LogP contribution in [0, 0.1) is 30.9 Å². The summed E-state index contributed by atoms with van der Waals surface area (Å²) in [6.07, 6.45) is 1.74. The average Bonchev–Trinajstić information content (AvgIpc) is 3.19. The summed E-state index contributed by atoms with van der Waals surface area (Å²) in [4.78, 5) is 37.8. The Morgan fingerprint density at radius 3 is 2.39 bits per heavy atom. The second kappa shape index (κ2) is 8.99. The normalized spacial score (nSPS) is 15.0. The minimum absolute atomic E-state index is 0.0402. The summed E-state index contributed by atoms with van der Waals surface area (Å²) < 4.78 is 2.93. The van der Waals surface area contributed by atoms with Crippen molar-refractivity contribution in [2.45, 2.75) is 27.3 Å². The number of carbonyl (C=O) groups excluding carboxylic acids is 2. The van der Waals surface area contributed by atoms with E-state index in [1.807, 2.05) is 55.7 Å². The van der Waals surface area contributed by atoms with E-state index in [4.69, 9.17) is 0 Å². The molecule has 0 radical (unpaired) electrons. The lowest BCUT2D eigenvalue weighted by Crippen LogP contribution is -2.27. The molecule has 2 heterocycles. The van der Waals surface area contributed by atoms with E-state index in [1.165, 1.54) is 11.0 Å². The molecule has 0 N–H and O–H groups in total. The van der Waals surface area contributed by atoms with Crippen molar-refractivity contribution in [3.8, 4) is 5.69 Å². The standard InChI is InChI=1S/C24H20BrN3O4S/c1-14-10-20(28(31)32)8-9-21(14)27-15(2)11-18(16(27)3)12-22-23(29)26(24(30)33-22)13-17-4-6-19(25)7-5-17/h4-12H,13H2,1-3H3/b22-12-. The summed E-state index contributed by atoms with van der Waals surface area (Å²) in [5, 5.41) is 10.8. The average molecular weight is 526 g/mol. The monoisotopic (exact) mass is 525 g/mol. The highest BCUT2D eigenvalue weighted by Crippen LogP contribution is 2.35. The largest absolute Gasteiger partial charge is 0.318 e. The highest BCUT2D eigenvalue weighted by atomic mass is 79.9. The van der Waals surface area contributed by atoms with Gasteiger partial charge in [0.25, 0.3) is 16.8 Å². The molecule has 9 heteroatoms.